The number of carbonyl (C=O) groups is 1. The molecule has 3 N–H and O–H groups in total. The lowest BCUT2D eigenvalue weighted by Gasteiger charge is -2.15. The molecule has 0 atom stereocenters. The van der Waals surface area contributed by atoms with E-state index in [4.69, 9.17) is 0 Å². The molecule has 0 bridgehead atoms. The summed E-state index contributed by atoms with van der Waals surface area (Å²) in [6.07, 6.45) is 7.18. The standard InChI is InChI=1S/C16H19N3O/c20-15(18-10-16(6-7-16)12-2-3-12)19-13-4-1-11-5-8-17-14(11)9-13/h1,4-5,8-9,12,17H,2-3,6-7,10H2,(H2,18,19,20). The highest BCUT2D eigenvalue weighted by Gasteiger charge is 2.53. The van der Waals surface area contributed by atoms with Gasteiger partial charge in [0.05, 0.1) is 0 Å². The Morgan fingerprint density at radius 1 is 1.30 bits per heavy atom. The minimum absolute atomic E-state index is 0.0946. The second-order valence-corrected chi connectivity index (χ2v) is 6.22. The molecule has 2 aliphatic carbocycles. The summed E-state index contributed by atoms with van der Waals surface area (Å²) in [5.41, 5.74) is 2.31. The highest BCUT2D eigenvalue weighted by molar-refractivity contribution is 5.92. The second-order valence-electron chi connectivity index (χ2n) is 6.22. The molecule has 20 heavy (non-hydrogen) atoms. The molecule has 2 aliphatic rings. The SMILES string of the molecule is O=C(NCC1(C2CC2)CC1)Nc1ccc2cc[nH]c2c1. The van der Waals surface area contributed by atoms with Crippen LogP contribution in [0.5, 0.6) is 0 Å². The summed E-state index contributed by atoms with van der Waals surface area (Å²) in [6, 6.07) is 7.83. The fraction of sp³-hybridized carbons (Fsp3) is 0.438. The lowest BCUT2D eigenvalue weighted by atomic mass is 10.0. The van der Waals surface area contributed by atoms with Crippen LogP contribution in [-0.4, -0.2) is 17.6 Å². The zero-order valence-electron chi connectivity index (χ0n) is 11.4. The summed E-state index contributed by atoms with van der Waals surface area (Å²) in [5, 5.41) is 7.10. The third-order valence-electron chi connectivity index (χ3n) is 4.75. The number of hydrogen-bond acceptors (Lipinski definition) is 1. The summed E-state index contributed by atoms with van der Waals surface area (Å²) < 4.78 is 0. The van der Waals surface area contributed by atoms with Gasteiger partial charge in [-0.05, 0) is 60.6 Å². The van der Waals surface area contributed by atoms with Gasteiger partial charge in [-0.25, -0.2) is 4.79 Å². The van der Waals surface area contributed by atoms with Crippen LogP contribution in [0.1, 0.15) is 25.7 Å². The lowest BCUT2D eigenvalue weighted by molar-refractivity contribution is 0.248. The van der Waals surface area contributed by atoms with Gasteiger partial charge < -0.3 is 15.6 Å². The first kappa shape index (κ1) is 11.8. The molecule has 0 unspecified atom stereocenters. The third-order valence-corrected chi connectivity index (χ3v) is 4.75. The maximum absolute atomic E-state index is 12.0. The Morgan fingerprint density at radius 2 is 2.15 bits per heavy atom. The number of urea groups is 1. The van der Waals surface area contributed by atoms with Crippen molar-refractivity contribution in [3.8, 4) is 0 Å². The van der Waals surface area contributed by atoms with E-state index in [0.29, 0.717) is 5.41 Å². The zero-order chi connectivity index (χ0) is 13.6. The molecule has 104 valence electrons. The molecule has 0 saturated heterocycles. The van der Waals surface area contributed by atoms with E-state index in [0.717, 1.165) is 29.1 Å². The minimum atomic E-state index is -0.0946. The molecule has 1 aromatic carbocycles. The number of H-pyrrole nitrogens is 1. The highest BCUT2D eigenvalue weighted by Crippen LogP contribution is 2.60. The number of carbonyl (C=O) groups excluding carboxylic acids is 1. The smallest absolute Gasteiger partial charge is 0.319 e. The third kappa shape index (κ3) is 2.15. The van der Waals surface area contributed by atoms with Crippen LogP contribution in [0.2, 0.25) is 0 Å². The summed E-state index contributed by atoms with van der Waals surface area (Å²) in [6.45, 7) is 0.828. The zero-order valence-corrected chi connectivity index (χ0v) is 11.4. The molecule has 0 spiro atoms. The van der Waals surface area contributed by atoms with Gasteiger partial charge in [0.15, 0.2) is 0 Å². The van der Waals surface area contributed by atoms with Crippen LogP contribution in [0.4, 0.5) is 10.5 Å². The van der Waals surface area contributed by atoms with Gasteiger partial charge in [0.25, 0.3) is 0 Å². The van der Waals surface area contributed by atoms with E-state index in [1.54, 1.807) is 0 Å². The molecular weight excluding hydrogens is 250 g/mol. The number of hydrogen-bond donors (Lipinski definition) is 3. The summed E-state index contributed by atoms with van der Waals surface area (Å²) in [4.78, 5) is 15.1. The first-order valence-electron chi connectivity index (χ1n) is 7.37. The molecule has 4 nitrogen and oxygen atoms in total. The number of rotatable bonds is 4. The van der Waals surface area contributed by atoms with Crippen LogP contribution in [0.3, 0.4) is 0 Å². The Bertz CT molecular complexity index is 653. The van der Waals surface area contributed by atoms with Crippen molar-refractivity contribution < 1.29 is 4.79 Å². The van der Waals surface area contributed by atoms with E-state index < -0.39 is 0 Å². The van der Waals surface area contributed by atoms with E-state index in [9.17, 15) is 4.79 Å². The Morgan fingerprint density at radius 3 is 2.90 bits per heavy atom. The van der Waals surface area contributed by atoms with Crippen LogP contribution in [-0.2, 0) is 0 Å². The molecule has 2 amide bonds. The minimum Gasteiger partial charge on any atom is -0.361 e. The van der Waals surface area contributed by atoms with Crippen LogP contribution >= 0.6 is 0 Å². The lowest BCUT2D eigenvalue weighted by Crippen LogP contribution is -2.34. The number of nitrogens with one attached hydrogen (secondary N) is 3. The van der Waals surface area contributed by atoms with Crippen molar-refractivity contribution in [3.63, 3.8) is 0 Å². The van der Waals surface area contributed by atoms with Crippen molar-refractivity contribution in [2.75, 3.05) is 11.9 Å². The average Bonchev–Trinajstić information content (AvgIpc) is 3.33. The summed E-state index contributed by atoms with van der Waals surface area (Å²) in [5.74, 6) is 0.873. The Labute approximate surface area is 117 Å². The highest BCUT2D eigenvalue weighted by atomic mass is 16.2. The van der Waals surface area contributed by atoms with E-state index in [1.807, 2.05) is 30.5 Å². The summed E-state index contributed by atoms with van der Waals surface area (Å²) in [7, 11) is 0. The monoisotopic (exact) mass is 269 g/mol. The molecule has 1 heterocycles. The van der Waals surface area contributed by atoms with Crippen molar-refractivity contribution in [1.29, 1.82) is 0 Å². The van der Waals surface area contributed by atoms with Crippen LogP contribution in [0.25, 0.3) is 10.9 Å². The van der Waals surface area contributed by atoms with Crippen molar-refractivity contribution in [2.45, 2.75) is 25.7 Å². The maximum Gasteiger partial charge on any atom is 0.319 e. The fourth-order valence-electron chi connectivity index (χ4n) is 3.14. The maximum atomic E-state index is 12.0. The van der Waals surface area contributed by atoms with Crippen molar-refractivity contribution in [3.05, 3.63) is 30.5 Å². The van der Waals surface area contributed by atoms with Gasteiger partial charge in [0, 0.05) is 23.9 Å². The van der Waals surface area contributed by atoms with Gasteiger partial charge in [-0.1, -0.05) is 6.07 Å². The molecule has 0 aliphatic heterocycles. The van der Waals surface area contributed by atoms with E-state index in [1.165, 1.54) is 25.7 Å². The van der Waals surface area contributed by atoms with Crippen molar-refractivity contribution in [1.82, 2.24) is 10.3 Å². The van der Waals surface area contributed by atoms with Crippen LogP contribution in [0, 0.1) is 11.3 Å². The Kier molecular flexibility index (Phi) is 2.52. The number of aromatic amines is 1. The van der Waals surface area contributed by atoms with Gasteiger partial charge >= 0.3 is 6.03 Å². The predicted octanol–water partition coefficient (Wildman–Crippen LogP) is 3.48. The topological polar surface area (TPSA) is 56.9 Å². The largest absolute Gasteiger partial charge is 0.361 e. The molecule has 4 rings (SSSR count). The molecule has 1 aromatic heterocycles. The van der Waals surface area contributed by atoms with Gasteiger partial charge in [-0.2, -0.15) is 0 Å². The Balaban J connectivity index is 1.37. The second kappa shape index (κ2) is 4.27. The molecule has 4 heteroatoms. The van der Waals surface area contributed by atoms with Gasteiger partial charge in [-0.3, -0.25) is 0 Å². The molecule has 2 aromatic rings. The van der Waals surface area contributed by atoms with Gasteiger partial charge in [0.1, 0.15) is 0 Å². The number of amides is 2. The van der Waals surface area contributed by atoms with Crippen molar-refractivity contribution >= 4 is 22.6 Å². The molecule has 0 radical (unpaired) electrons. The number of benzene rings is 1. The fourth-order valence-corrected chi connectivity index (χ4v) is 3.14. The predicted molar refractivity (Wildman–Crippen MR) is 79.7 cm³/mol. The molecule has 2 saturated carbocycles. The number of aromatic nitrogens is 1. The van der Waals surface area contributed by atoms with E-state index in [-0.39, 0.29) is 6.03 Å². The molecular formula is C16H19N3O. The van der Waals surface area contributed by atoms with E-state index >= 15 is 0 Å². The Hall–Kier alpha value is -1.97. The van der Waals surface area contributed by atoms with Crippen LogP contribution in [0.15, 0.2) is 30.5 Å². The first-order valence-corrected chi connectivity index (χ1v) is 7.37. The van der Waals surface area contributed by atoms with E-state index in [2.05, 4.69) is 15.6 Å². The summed E-state index contributed by atoms with van der Waals surface area (Å²) >= 11 is 0. The number of anilines is 1. The van der Waals surface area contributed by atoms with Gasteiger partial charge in [0.2, 0.25) is 0 Å². The quantitative estimate of drug-likeness (QED) is 0.782. The van der Waals surface area contributed by atoms with Crippen LogP contribution < -0.4 is 10.6 Å². The average molecular weight is 269 g/mol. The normalized spacial score (nSPS) is 19.8. The first-order chi connectivity index (χ1) is 9.75. The molecule has 2 fully saturated rings. The van der Waals surface area contributed by atoms with Gasteiger partial charge in [-0.15, -0.1) is 0 Å². The van der Waals surface area contributed by atoms with Crippen molar-refractivity contribution in [2.24, 2.45) is 11.3 Å². The number of fused-ring (bicyclic) bond motifs is 1.